The summed E-state index contributed by atoms with van der Waals surface area (Å²) in [5.74, 6) is -1.37. The molecule has 0 spiro atoms. The topological polar surface area (TPSA) is 98.8 Å². The van der Waals surface area contributed by atoms with Crippen LogP contribution in [0.25, 0.3) is 0 Å². The second kappa shape index (κ2) is 7.58. The summed E-state index contributed by atoms with van der Waals surface area (Å²) >= 11 is 0. The molecule has 0 aliphatic carbocycles. The fourth-order valence-electron chi connectivity index (χ4n) is 1.05. The highest BCUT2D eigenvalue weighted by Gasteiger charge is 2.21. The van der Waals surface area contributed by atoms with Gasteiger partial charge in [-0.2, -0.15) is 0 Å². The number of carbonyl (C=O) groups is 2. The summed E-state index contributed by atoms with van der Waals surface area (Å²) in [5.41, 5.74) is -0.626. The lowest BCUT2D eigenvalue weighted by Crippen LogP contribution is -2.34. The molecule has 0 heterocycles. The third kappa shape index (κ3) is 8.11. The number of carbonyl (C=O) groups excluding carboxylic acids is 2. The van der Waals surface area contributed by atoms with Crippen molar-refractivity contribution in [3.63, 3.8) is 0 Å². The van der Waals surface area contributed by atoms with Gasteiger partial charge in [-0.05, 0) is 39.0 Å². The quantitative estimate of drug-likeness (QED) is 0.562. The summed E-state index contributed by atoms with van der Waals surface area (Å²) in [5, 5.41) is -0.666. The molecule has 118 valence electrons. The van der Waals surface area contributed by atoms with Crippen LogP contribution in [0.1, 0.15) is 53.9 Å². The van der Waals surface area contributed by atoms with E-state index in [1.54, 1.807) is 32.6 Å². The van der Waals surface area contributed by atoms with E-state index in [0.29, 0.717) is 6.42 Å². The molecule has 1 unspecified atom stereocenters. The highest BCUT2D eigenvalue weighted by atomic mass is 32.2. The molecule has 0 rings (SSSR count). The number of rotatable bonds is 7. The van der Waals surface area contributed by atoms with Crippen molar-refractivity contribution < 1.29 is 27.6 Å². The van der Waals surface area contributed by atoms with Gasteiger partial charge < -0.3 is 9.57 Å². The van der Waals surface area contributed by atoms with E-state index in [2.05, 4.69) is 4.84 Å². The lowest BCUT2D eigenvalue weighted by molar-refractivity contribution is -0.159. The van der Waals surface area contributed by atoms with Crippen LogP contribution in [0.5, 0.6) is 0 Å². The van der Waals surface area contributed by atoms with Crippen molar-refractivity contribution in [1.29, 1.82) is 0 Å². The van der Waals surface area contributed by atoms with Crippen LogP contribution in [0.3, 0.4) is 0 Å². The Morgan fingerprint density at radius 3 is 2.10 bits per heavy atom. The van der Waals surface area contributed by atoms with Crippen LogP contribution in [-0.4, -0.2) is 31.2 Å². The van der Waals surface area contributed by atoms with Crippen molar-refractivity contribution in [2.45, 2.75) is 64.7 Å². The van der Waals surface area contributed by atoms with Gasteiger partial charge in [0.25, 0.3) is 0 Å². The standard InChI is InChI=1S/C12H23NO6S/c1-6-9(2)20(16,17)13-19-11(15)8-7-10(14)18-12(3,4)5/h9,13H,6-8H2,1-5H3. The van der Waals surface area contributed by atoms with Gasteiger partial charge in [-0.3, -0.25) is 9.59 Å². The molecule has 1 N–H and O–H groups in total. The van der Waals surface area contributed by atoms with Gasteiger partial charge in [0.15, 0.2) is 0 Å². The van der Waals surface area contributed by atoms with Gasteiger partial charge in [-0.1, -0.05) is 6.92 Å². The Morgan fingerprint density at radius 2 is 1.65 bits per heavy atom. The van der Waals surface area contributed by atoms with E-state index >= 15 is 0 Å². The zero-order valence-corrected chi connectivity index (χ0v) is 13.4. The van der Waals surface area contributed by atoms with E-state index < -0.39 is 32.8 Å². The first kappa shape index (κ1) is 18.9. The van der Waals surface area contributed by atoms with Gasteiger partial charge in [-0.25, -0.2) is 8.42 Å². The van der Waals surface area contributed by atoms with Gasteiger partial charge in [-0.15, -0.1) is 0 Å². The molecule has 0 saturated carbocycles. The lowest BCUT2D eigenvalue weighted by atomic mass is 10.2. The van der Waals surface area contributed by atoms with E-state index in [1.165, 1.54) is 6.92 Å². The van der Waals surface area contributed by atoms with E-state index in [0.717, 1.165) is 0 Å². The van der Waals surface area contributed by atoms with E-state index in [1.807, 2.05) is 0 Å². The Kier molecular flexibility index (Phi) is 7.15. The first-order valence-corrected chi connectivity index (χ1v) is 7.94. The zero-order valence-electron chi connectivity index (χ0n) is 12.6. The van der Waals surface area contributed by atoms with Gasteiger partial charge in [0, 0.05) is 0 Å². The molecule has 0 saturated heterocycles. The molecular weight excluding hydrogens is 286 g/mol. The molecule has 0 aromatic carbocycles. The number of sulfonamides is 1. The maximum atomic E-state index is 11.5. The number of esters is 1. The molecule has 0 radical (unpaired) electrons. The molecule has 8 heteroatoms. The highest BCUT2D eigenvalue weighted by molar-refractivity contribution is 7.89. The third-order valence-corrected chi connectivity index (χ3v) is 4.04. The molecule has 0 aromatic heterocycles. The Hall–Kier alpha value is -1.15. The van der Waals surface area contributed by atoms with Crippen molar-refractivity contribution in [2.75, 3.05) is 0 Å². The fourth-order valence-corrected chi connectivity index (χ4v) is 1.87. The molecule has 0 fully saturated rings. The molecular formula is C12H23NO6S. The summed E-state index contributed by atoms with van der Waals surface area (Å²) in [7, 11) is -3.68. The van der Waals surface area contributed by atoms with Crippen LogP contribution in [-0.2, 0) is 29.2 Å². The van der Waals surface area contributed by atoms with Crippen molar-refractivity contribution in [1.82, 2.24) is 4.89 Å². The predicted octanol–water partition coefficient (Wildman–Crippen LogP) is 1.28. The highest BCUT2D eigenvalue weighted by Crippen LogP contribution is 2.09. The van der Waals surface area contributed by atoms with Crippen LogP contribution in [0, 0.1) is 0 Å². The molecule has 0 aromatic rings. The maximum Gasteiger partial charge on any atom is 0.326 e. The van der Waals surface area contributed by atoms with Crippen molar-refractivity contribution in [2.24, 2.45) is 0 Å². The zero-order chi connectivity index (χ0) is 16.0. The minimum atomic E-state index is -3.68. The maximum absolute atomic E-state index is 11.5. The first-order chi connectivity index (χ1) is 8.98. The summed E-state index contributed by atoms with van der Waals surface area (Å²) in [6.45, 7) is 8.33. The Labute approximate surface area is 120 Å². The van der Waals surface area contributed by atoms with Crippen molar-refractivity contribution in [3.05, 3.63) is 0 Å². The molecule has 0 bridgehead atoms. The third-order valence-electron chi connectivity index (χ3n) is 2.33. The number of nitrogens with one attached hydrogen (secondary N) is 1. The SMILES string of the molecule is CCC(C)S(=O)(=O)NOC(=O)CCC(=O)OC(C)(C)C. The summed E-state index contributed by atoms with van der Waals surface area (Å²) < 4.78 is 28.0. The average Bonchev–Trinajstić information content (AvgIpc) is 2.30. The Morgan fingerprint density at radius 1 is 1.15 bits per heavy atom. The van der Waals surface area contributed by atoms with Gasteiger partial charge in [0.1, 0.15) is 5.60 Å². The van der Waals surface area contributed by atoms with E-state index in [9.17, 15) is 18.0 Å². The predicted molar refractivity (Wildman–Crippen MR) is 73.0 cm³/mol. The lowest BCUT2D eigenvalue weighted by Gasteiger charge is -2.19. The molecule has 7 nitrogen and oxygen atoms in total. The van der Waals surface area contributed by atoms with Crippen LogP contribution in [0.4, 0.5) is 0 Å². The summed E-state index contributed by atoms with van der Waals surface area (Å²) in [6.07, 6.45) is -0.0239. The van der Waals surface area contributed by atoms with E-state index in [-0.39, 0.29) is 12.8 Å². The molecule has 20 heavy (non-hydrogen) atoms. The fraction of sp³-hybridized carbons (Fsp3) is 0.833. The minimum Gasteiger partial charge on any atom is -0.460 e. The first-order valence-electron chi connectivity index (χ1n) is 6.40. The molecule has 1 atom stereocenters. The van der Waals surface area contributed by atoms with Crippen LogP contribution in [0.2, 0.25) is 0 Å². The molecule has 0 aliphatic rings. The van der Waals surface area contributed by atoms with Crippen molar-refractivity contribution >= 4 is 22.0 Å². The Balaban J connectivity index is 4.11. The number of ether oxygens (including phenoxy) is 1. The summed E-state index contributed by atoms with van der Waals surface area (Å²) in [4.78, 5) is 28.8. The monoisotopic (exact) mass is 309 g/mol. The van der Waals surface area contributed by atoms with Gasteiger partial charge in [0.05, 0.1) is 18.1 Å². The largest absolute Gasteiger partial charge is 0.460 e. The Bertz CT molecular complexity index is 437. The smallest absolute Gasteiger partial charge is 0.326 e. The average molecular weight is 309 g/mol. The second-order valence-corrected chi connectivity index (χ2v) is 7.47. The molecule has 0 aliphatic heterocycles. The van der Waals surface area contributed by atoms with Crippen LogP contribution in [0.15, 0.2) is 0 Å². The normalized spacial score (nSPS) is 13.7. The van der Waals surface area contributed by atoms with Gasteiger partial charge >= 0.3 is 11.9 Å². The van der Waals surface area contributed by atoms with Gasteiger partial charge in [0.2, 0.25) is 10.0 Å². The summed E-state index contributed by atoms with van der Waals surface area (Å²) in [6, 6.07) is 0. The van der Waals surface area contributed by atoms with Crippen LogP contribution < -0.4 is 4.89 Å². The van der Waals surface area contributed by atoms with Crippen LogP contribution >= 0.6 is 0 Å². The number of hydrogen-bond acceptors (Lipinski definition) is 6. The molecule has 0 amide bonds. The minimum absolute atomic E-state index is 0.166. The number of hydrogen-bond donors (Lipinski definition) is 1. The second-order valence-electron chi connectivity index (χ2n) is 5.41. The van der Waals surface area contributed by atoms with E-state index in [4.69, 9.17) is 4.74 Å². The van der Waals surface area contributed by atoms with Crippen molar-refractivity contribution in [3.8, 4) is 0 Å².